The molecule has 1 aliphatic carbocycles. The molecule has 1 saturated carbocycles. The smallest absolute Gasteiger partial charge is 0.408 e. The van der Waals surface area contributed by atoms with Gasteiger partial charge in [0.15, 0.2) is 0 Å². The molecule has 0 bridgehead atoms. The van der Waals surface area contributed by atoms with Crippen LogP contribution in [0.2, 0.25) is 0 Å². The van der Waals surface area contributed by atoms with Crippen molar-refractivity contribution in [2.75, 3.05) is 18.5 Å². The third kappa shape index (κ3) is 7.18. The second-order valence-electron chi connectivity index (χ2n) is 9.49. The highest BCUT2D eigenvalue weighted by Crippen LogP contribution is 2.34. The van der Waals surface area contributed by atoms with E-state index in [2.05, 4.69) is 22.8 Å². The van der Waals surface area contributed by atoms with Crippen molar-refractivity contribution in [3.8, 4) is 0 Å². The molecular weight excluding hydrogens is 446 g/mol. The number of carbonyl (C=O) groups excluding carboxylic acids is 1. The predicted molar refractivity (Wildman–Crippen MR) is 132 cm³/mol. The number of aliphatic carboxylic acids is 1. The van der Waals surface area contributed by atoms with E-state index in [1.54, 1.807) is 6.92 Å². The normalized spacial score (nSPS) is 20.5. The zero-order valence-corrected chi connectivity index (χ0v) is 20.2. The number of alkyl carbamates (subject to hydrolysis) is 1. The van der Waals surface area contributed by atoms with Crippen LogP contribution in [0.5, 0.6) is 0 Å². The Hall–Kier alpha value is -3.13. The number of nitrogens with zero attached hydrogens (tertiary/aromatic N) is 1. The number of pyridine rings is 1. The second kappa shape index (κ2) is 12.0. The highest BCUT2D eigenvalue weighted by molar-refractivity contribution is 5.79. The van der Waals surface area contributed by atoms with E-state index >= 15 is 0 Å². The summed E-state index contributed by atoms with van der Waals surface area (Å²) >= 11 is 0. The van der Waals surface area contributed by atoms with E-state index in [9.17, 15) is 14.7 Å². The average Bonchev–Trinajstić information content (AvgIpc) is 2.84. The summed E-state index contributed by atoms with van der Waals surface area (Å²) < 4.78 is 11.2. The maximum Gasteiger partial charge on any atom is 0.408 e. The molecule has 2 heterocycles. The molecule has 4 rings (SSSR count). The van der Waals surface area contributed by atoms with Gasteiger partial charge in [0, 0.05) is 25.3 Å². The van der Waals surface area contributed by atoms with E-state index in [1.165, 1.54) is 5.56 Å². The molecule has 8 nitrogen and oxygen atoms in total. The third-order valence-electron chi connectivity index (χ3n) is 6.86. The largest absolute Gasteiger partial charge is 0.480 e. The number of carboxylic acid groups (broad SMARTS) is 1. The first-order valence-corrected chi connectivity index (χ1v) is 12.6. The molecule has 1 amide bonds. The van der Waals surface area contributed by atoms with Crippen molar-refractivity contribution in [3.05, 3.63) is 59.3 Å². The van der Waals surface area contributed by atoms with Gasteiger partial charge in [0.2, 0.25) is 0 Å². The van der Waals surface area contributed by atoms with Crippen molar-refractivity contribution >= 4 is 17.9 Å². The molecule has 188 valence electrons. The molecule has 8 heteroatoms. The number of aromatic nitrogens is 1. The molecule has 2 aliphatic rings. The summed E-state index contributed by atoms with van der Waals surface area (Å²) in [7, 11) is 0. The number of amides is 1. The third-order valence-corrected chi connectivity index (χ3v) is 6.86. The van der Waals surface area contributed by atoms with Crippen LogP contribution in [0.4, 0.5) is 10.6 Å². The molecule has 0 spiro atoms. The zero-order valence-electron chi connectivity index (χ0n) is 20.2. The van der Waals surface area contributed by atoms with Crippen LogP contribution in [0.15, 0.2) is 42.5 Å². The fourth-order valence-electron chi connectivity index (χ4n) is 4.65. The van der Waals surface area contributed by atoms with Crippen molar-refractivity contribution in [3.63, 3.8) is 0 Å². The lowest BCUT2D eigenvalue weighted by molar-refractivity contribution is -0.140. The highest BCUT2D eigenvalue weighted by atomic mass is 16.6. The van der Waals surface area contributed by atoms with Gasteiger partial charge < -0.3 is 25.2 Å². The standard InChI is InChI=1S/C27H35N3O5/c1-18(20-6-3-2-4-7-20)35-27(33)30-24(26(31)32)13-15-34-23-16-19(17-23)9-11-22-12-10-21-8-5-14-28-25(21)29-22/h2-4,6-7,10,12,18-19,23-24H,5,8-9,11,13-17H2,1H3,(H,28,29)(H,30,33)(H,31,32)/t18?,19-,23-,24?. The minimum atomic E-state index is -1.10. The van der Waals surface area contributed by atoms with E-state index in [-0.39, 0.29) is 19.1 Å². The summed E-state index contributed by atoms with van der Waals surface area (Å²) in [5.41, 5.74) is 3.29. The number of nitrogens with one attached hydrogen (secondary N) is 2. The number of hydrogen-bond acceptors (Lipinski definition) is 6. The Kier molecular flexibility index (Phi) is 8.58. The molecule has 2 atom stereocenters. The van der Waals surface area contributed by atoms with Gasteiger partial charge in [-0.2, -0.15) is 0 Å². The molecule has 0 radical (unpaired) electrons. The second-order valence-corrected chi connectivity index (χ2v) is 9.49. The van der Waals surface area contributed by atoms with Crippen LogP contribution in [0, 0.1) is 5.92 Å². The summed E-state index contributed by atoms with van der Waals surface area (Å²) in [6.45, 7) is 3.03. The van der Waals surface area contributed by atoms with Crippen LogP contribution in [0.25, 0.3) is 0 Å². The Balaban J connectivity index is 1.12. The molecule has 1 fully saturated rings. The Morgan fingerprint density at radius 1 is 1.20 bits per heavy atom. The number of rotatable bonds is 11. The molecule has 1 aromatic heterocycles. The van der Waals surface area contributed by atoms with Gasteiger partial charge in [0.1, 0.15) is 18.0 Å². The van der Waals surface area contributed by atoms with Crippen LogP contribution in [-0.2, 0) is 27.1 Å². The summed E-state index contributed by atoms with van der Waals surface area (Å²) in [6, 6.07) is 12.6. The van der Waals surface area contributed by atoms with E-state index in [0.29, 0.717) is 5.92 Å². The van der Waals surface area contributed by atoms with Crippen molar-refractivity contribution in [2.45, 2.75) is 70.1 Å². The number of hydrogen-bond donors (Lipinski definition) is 3. The Morgan fingerprint density at radius 2 is 2.00 bits per heavy atom. The van der Waals surface area contributed by atoms with Gasteiger partial charge in [0.05, 0.1) is 6.10 Å². The van der Waals surface area contributed by atoms with Crippen LogP contribution in [0.3, 0.4) is 0 Å². The van der Waals surface area contributed by atoms with Crippen molar-refractivity contribution in [1.82, 2.24) is 10.3 Å². The number of ether oxygens (including phenoxy) is 2. The van der Waals surface area contributed by atoms with Crippen LogP contribution >= 0.6 is 0 Å². The quantitative estimate of drug-likeness (QED) is 0.433. The topological polar surface area (TPSA) is 110 Å². The number of anilines is 1. The maximum absolute atomic E-state index is 12.2. The van der Waals surface area contributed by atoms with Gasteiger partial charge in [-0.15, -0.1) is 0 Å². The first-order valence-electron chi connectivity index (χ1n) is 12.6. The number of fused-ring (bicyclic) bond motifs is 1. The van der Waals surface area contributed by atoms with Crippen molar-refractivity contribution in [1.29, 1.82) is 0 Å². The van der Waals surface area contributed by atoms with Crippen molar-refractivity contribution < 1.29 is 24.2 Å². The lowest BCUT2D eigenvalue weighted by Gasteiger charge is -2.35. The summed E-state index contributed by atoms with van der Waals surface area (Å²) in [5, 5.41) is 15.3. The molecule has 0 saturated heterocycles. The monoisotopic (exact) mass is 481 g/mol. The number of carbonyl (C=O) groups is 2. The molecule has 1 aromatic carbocycles. The van der Waals surface area contributed by atoms with Crippen LogP contribution < -0.4 is 10.6 Å². The SMILES string of the molecule is CC(OC(=O)NC(CCO[C@H]1C[C@H](CCc2ccc3c(n2)NCCC3)C1)C(=O)O)c1ccccc1. The highest BCUT2D eigenvalue weighted by Gasteiger charge is 2.30. The van der Waals surface area contributed by atoms with Gasteiger partial charge in [0.25, 0.3) is 0 Å². The Bertz CT molecular complexity index is 994. The lowest BCUT2D eigenvalue weighted by atomic mass is 9.79. The summed E-state index contributed by atoms with van der Waals surface area (Å²) in [4.78, 5) is 28.5. The minimum absolute atomic E-state index is 0.151. The lowest BCUT2D eigenvalue weighted by Crippen LogP contribution is -2.42. The molecule has 2 aromatic rings. The fraction of sp³-hybridized carbons (Fsp3) is 0.519. The minimum Gasteiger partial charge on any atom is -0.480 e. The molecule has 1 aliphatic heterocycles. The van der Waals surface area contributed by atoms with Gasteiger partial charge in [-0.3, -0.25) is 0 Å². The number of benzene rings is 1. The van der Waals surface area contributed by atoms with Crippen molar-refractivity contribution in [2.24, 2.45) is 5.92 Å². The van der Waals surface area contributed by atoms with Gasteiger partial charge in [-0.25, -0.2) is 14.6 Å². The van der Waals surface area contributed by atoms with Gasteiger partial charge >= 0.3 is 12.1 Å². The number of aryl methyl sites for hydroxylation is 2. The van der Waals surface area contributed by atoms with E-state index < -0.39 is 24.2 Å². The average molecular weight is 482 g/mol. The maximum atomic E-state index is 12.2. The molecule has 3 N–H and O–H groups in total. The van der Waals surface area contributed by atoms with E-state index in [4.69, 9.17) is 14.5 Å². The molecular formula is C27H35N3O5. The van der Waals surface area contributed by atoms with Crippen LogP contribution in [-0.4, -0.2) is 47.5 Å². The Labute approximate surface area is 206 Å². The summed E-state index contributed by atoms with van der Waals surface area (Å²) in [6.07, 6.45) is 5.38. The van der Waals surface area contributed by atoms with Gasteiger partial charge in [-0.1, -0.05) is 36.4 Å². The first-order chi connectivity index (χ1) is 17.0. The number of carboxylic acids is 1. The van der Waals surface area contributed by atoms with Gasteiger partial charge in [-0.05, 0) is 68.6 Å². The van der Waals surface area contributed by atoms with E-state index in [1.807, 2.05) is 30.3 Å². The predicted octanol–water partition coefficient (Wildman–Crippen LogP) is 4.50. The summed E-state index contributed by atoms with van der Waals surface area (Å²) in [5.74, 6) is 0.550. The first kappa shape index (κ1) is 25.0. The molecule has 35 heavy (non-hydrogen) atoms. The molecule has 2 unspecified atom stereocenters. The van der Waals surface area contributed by atoms with Crippen LogP contribution in [0.1, 0.15) is 62.0 Å². The Morgan fingerprint density at radius 3 is 2.77 bits per heavy atom. The van der Waals surface area contributed by atoms with E-state index in [0.717, 1.165) is 62.1 Å². The fourth-order valence-corrected chi connectivity index (χ4v) is 4.65. The zero-order chi connectivity index (χ0) is 24.6.